The molecule has 1 atom stereocenters. The molecule has 0 spiro atoms. The van der Waals surface area contributed by atoms with E-state index in [2.05, 4.69) is 9.80 Å². The Hall–Kier alpha value is -0.610. The number of carbonyl (C=O) groups excluding carboxylic acids is 1. The minimum absolute atomic E-state index is 0.235. The maximum atomic E-state index is 12.5. The number of amides is 1. The summed E-state index contributed by atoms with van der Waals surface area (Å²) in [5, 5.41) is 9.17. The number of hydrogen-bond donors (Lipinski definition) is 1. The smallest absolute Gasteiger partial charge is 0.236 e. The van der Waals surface area contributed by atoms with Gasteiger partial charge in [-0.2, -0.15) is 0 Å². The third kappa shape index (κ3) is 4.74. The molecule has 20 heavy (non-hydrogen) atoms. The third-order valence-corrected chi connectivity index (χ3v) is 4.76. The predicted molar refractivity (Wildman–Crippen MR) is 80.6 cm³/mol. The zero-order chi connectivity index (χ0) is 14.2. The van der Waals surface area contributed by atoms with Crippen LogP contribution in [0, 0.1) is 0 Å². The lowest BCUT2D eigenvalue weighted by atomic mass is 9.99. The van der Waals surface area contributed by atoms with E-state index in [-0.39, 0.29) is 6.61 Å². The summed E-state index contributed by atoms with van der Waals surface area (Å²) in [6.07, 6.45) is 10.5. The molecule has 2 aliphatic heterocycles. The predicted octanol–water partition coefficient (Wildman–Crippen LogP) is 2.02. The largest absolute Gasteiger partial charge is 0.396 e. The number of aliphatic hydroxyl groups excluding tert-OH is 1. The van der Waals surface area contributed by atoms with Crippen LogP contribution in [0.4, 0.5) is 0 Å². The SMILES string of the molecule is O=C(CN1CCCCC1CCO)N1CCCCCCC1. The maximum absolute atomic E-state index is 12.5. The van der Waals surface area contributed by atoms with E-state index in [0.29, 0.717) is 18.5 Å². The van der Waals surface area contributed by atoms with Crippen molar-refractivity contribution in [2.75, 3.05) is 32.8 Å². The molecule has 0 aliphatic carbocycles. The van der Waals surface area contributed by atoms with Gasteiger partial charge >= 0.3 is 0 Å². The number of piperidine rings is 1. The molecule has 2 saturated heterocycles. The van der Waals surface area contributed by atoms with Crippen LogP contribution in [0.1, 0.15) is 57.8 Å². The van der Waals surface area contributed by atoms with E-state index in [1.54, 1.807) is 0 Å². The Labute approximate surface area is 123 Å². The molecule has 116 valence electrons. The lowest BCUT2D eigenvalue weighted by molar-refractivity contribution is -0.133. The Bertz CT molecular complexity index is 286. The molecule has 4 nitrogen and oxygen atoms in total. The normalized spacial score (nSPS) is 26.1. The molecule has 4 heteroatoms. The van der Waals surface area contributed by atoms with Gasteiger partial charge in [-0.25, -0.2) is 0 Å². The lowest BCUT2D eigenvalue weighted by Crippen LogP contribution is -2.47. The molecule has 1 N–H and O–H groups in total. The van der Waals surface area contributed by atoms with Gasteiger partial charge in [0.25, 0.3) is 0 Å². The van der Waals surface area contributed by atoms with E-state index < -0.39 is 0 Å². The maximum Gasteiger partial charge on any atom is 0.236 e. The molecular weight excluding hydrogens is 252 g/mol. The minimum Gasteiger partial charge on any atom is -0.396 e. The molecule has 0 saturated carbocycles. The fourth-order valence-corrected chi connectivity index (χ4v) is 3.51. The van der Waals surface area contributed by atoms with Gasteiger partial charge < -0.3 is 10.0 Å². The molecule has 0 aromatic heterocycles. The van der Waals surface area contributed by atoms with Gasteiger partial charge in [-0.1, -0.05) is 25.7 Å². The van der Waals surface area contributed by atoms with Crippen molar-refractivity contribution in [3.63, 3.8) is 0 Å². The number of hydrogen-bond acceptors (Lipinski definition) is 3. The van der Waals surface area contributed by atoms with Gasteiger partial charge in [-0.3, -0.25) is 9.69 Å². The van der Waals surface area contributed by atoms with E-state index in [1.165, 1.54) is 32.1 Å². The molecule has 2 rings (SSSR count). The highest BCUT2D eigenvalue weighted by Crippen LogP contribution is 2.20. The first-order chi connectivity index (χ1) is 9.81. The summed E-state index contributed by atoms with van der Waals surface area (Å²) in [6, 6.07) is 0.410. The quantitative estimate of drug-likeness (QED) is 0.858. The van der Waals surface area contributed by atoms with Crippen LogP contribution in [-0.4, -0.2) is 59.6 Å². The van der Waals surface area contributed by atoms with Gasteiger partial charge in [0.2, 0.25) is 5.91 Å². The summed E-state index contributed by atoms with van der Waals surface area (Å²) in [5.74, 6) is 0.303. The Balaban J connectivity index is 1.84. The molecule has 1 amide bonds. The zero-order valence-electron chi connectivity index (χ0n) is 12.7. The van der Waals surface area contributed by atoms with E-state index in [1.807, 2.05) is 0 Å². The summed E-state index contributed by atoms with van der Waals surface area (Å²) in [4.78, 5) is 16.9. The number of nitrogens with zero attached hydrogens (tertiary/aromatic N) is 2. The number of carbonyl (C=O) groups is 1. The van der Waals surface area contributed by atoms with E-state index in [0.717, 1.165) is 45.3 Å². The Morgan fingerprint density at radius 3 is 2.30 bits per heavy atom. The summed E-state index contributed by atoms with van der Waals surface area (Å²) < 4.78 is 0. The highest BCUT2D eigenvalue weighted by Gasteiger charge is 2.25. The first-order valence-corrected chi connectivity index (χ1v) is 8.44. The van der Waals surface area contributed by atoms with Crippen molar-refractivity contribution in [2.24, 2.45) is 0 Å². The number of rotatable bonds is 4. The third-order valence-electron chi connectivity index (χ3n) is 4.76. The average Bonchev–Trinajstić information content (AvgIpc) is 2.40. The highest BCUT2D eigenvalue weighted by atomic mass is 16.3. The topological polar surface area (TPSA) is 43.8 Å². The first kappa shape index (κ1) is 15.8. The average molecular weight is 282 g/mol. The molecule has 2 heterocycles. The Morgan fingerprint density at radius 1 is 0.950 bits per heavy atom. The minimum atomic E-state index is 0.235. The van der Waals surface area contributed by atoms with Crippen molar-refractivity contribution in [2.45, 2.75) is 63.8 Å². The fraction of sp³-hybridized carbons (Fsp3) is 0.938. The van der Waals surface area contributed by atoms with Crippen LogP contribution in [0.3, 0.4) is 0 Å². The van der Waals surface area contributed by atoms with Gasteiger partial charge in [0.05, 0.1) is 6.54 Å². The summed E-state index contributed by atoms with van der Waals surface area (Å²) in [5.41, 5.74) is 0. The second-order valence-electron chi connectivity index (χ2n) is 6.28. The van der Waals surface area contributed by atoms with Crippen LogP contribution in [0.5, 0.6) is 0 Å². The van der Waals surface area contributed by atoms with Crippen LogP contribution >= 0.6 is 0 Å². The van der Waals surface area contributed by atoms with Crippen molar-refractivity contribution in [1.82, 2.24) is 9.80 Å². The Morgan fingerprint density at radius 2 is 1.60 bits per heavy atom. The summed E-state index contributed by atoms with van der Waals surface area (Å²) >= 11 is 0. The molecule has 1 unspecified atom stereocenters. The molecule has 0 aromatic rings. The van der Waals surface area contributed by atoms with Crippen molar-refractivity contribution >= 4 is 5.91 Å². The van der Waals surface area contributed by atoms with Crippen LogP contribution in [-0.2, 0) is 4.79 Å². The molecule has 0 aromatic carbocycles. The van der Waals surface area contributed by atoms with Crippen molar-refractivity contribution in [3.05, 3.63) is 0 Å². The van der Waals surface area contributed by atoms with Crippen molar-refractivity contribution in [3.8, 4) is 0 Å². The number of likely N-dealkylation sites (tertiary alicyclic amines) is 2. The standard InChI is InChI=1S/C16H30N2O2/c19-13-9-15-8-4-7-12-18(15)14-16(20)17-10-5-2-1-3-6-11-17/h15,19H,1-14H2. The molecule has 0 bridgehead atoms. The van der Waals surface area contributed by atoms with Gasteiger partial charge in [0, 0.05) is 25.7 Å². The van der Waals surface area contributed by atoms with Gasteiger partial charge in [0.15, 0.2) is 0 Å². The first-order valence-electron chi connectivity index (χ1n) is 8.44. The van der Waals surface area contributed by atoms with E-state index >= 15 is 0 Å². The van der Waals surface area contributed by atoms with Gasteiger partial charge in [-0.15, -0.1) is 0 Å². The molecule has 2 fully saturated rings. The zero-order valence-corrected chi connectivity index (χ0v) is 12.7. The second-order valence-corrected chi connectivity index (χ2v) is 6.28. The highest BCUT2D eigenvalue weighted by molar-refractivity contribution is 5.78. The Kier molecular flexibility index (Phi) is 6.80. The fourth-order valence-electron chi connectivity index (χ4n) is 3.51. The number of aliphatic hydroxyl groups is 1. The van der Waals surface area contributed by atoms with Crippen LogP contribution < -0.4 is 0 Å². The van der Waals surface area contributed by atoms with Crippen molar-refractivity contribution < 1.29 is 9.90 Å². The molecule has 2 aliphatic rings. The lowest BCUT2D eigenvalue weighted by Gasteiger charge is -2.36. The molecule has 0 radical (unpaired) electrons. The second kappa shape index (κ2) is 8.63. The van der Waals surface area contributed by atoms with Crippen molar-refractivity contribution in [1.29, 1.82) is 0 Å². The van der Waals surface area contributed by atoms with Gasteiger partial charge in [-0.05, 0) is 38.6 Å². The van der Waals surface area contributed by atoms with E-state index in [4.69, 9.17) is 5.11 Å². The van der Waals surface area contributed by atoms with E-state index in [9.17, 15) is 4.79 Å². The van der Waals surface area contributed by atoms with Crippen LogP contribution in [0.15, 0.2) is 0 Å². The molecular formula is C16H30N2O2. The van der Waals surface area contributed by atoms with Crippen LogP contribution in [0.25, 0.3) is 0 Å². The van der Waals surface area contributed by atoms with Crippen LogP contribution in [0.2, 0.25) is 0 Å². The monoisotopic (exact) mass is 282 g/mol. The summed E-state index contributed by atoms with van der Waals surface area (Å²) in [7, 11) is 0. The van der Waals surface area contributed by atoms with Gasteiger partial charge in [0.1, 0.15) is 0 Å². The summed E-state index contributed by atoms with van der Waals surface area (Å²) in [6.45, 7) is 3.70.